The summed E-state index contributed by atoms with van der Waals surface area (Å²) in [6, 6.07) is 56.9. The molecule has 0 aliphatic heterocycles. The molecule has 0 atom stereocenters. The largest absolute Gasteiger partial charge is 0.456 e. The Bertz CT molecular complexity index is 2500. The second kappa shape index (κ2) is 9.44. The van der Waals surface area contributed by atoms with Crippen LogP contribution in [0.1, 0.15) is 0 Å². The molecule has 0 aliphatic carbocycles. The van der Waals surface area contributed by atoms with Gasteiger partial charge in [0.1, 0.15) is 11.2 Å². The number of benzene rings is 8. The van der Waals surface area contributed by atoms with Crippen LogP contribution in [-0.2, 0) is 0 Å². The molecular weight excluding hydrogens is 520 g/mol. The third-order valence-corrected chi connectivity index (χ3v) is 8.84. The van der Waals surface area contributed by atoms with Gasteiger partial charge in [0, 0.05) is 10.8 Å². The van der Waals surface area contributed by atoms with Gasteiger partial charge in [-0.15, -0.1) is 0 Å². The highest BCUT2D eigenvalue weighted by Gasteiger charge is 2.19. The average Bonchev–Trinajstić information content (AvgIpc) is 3.46. The molecule has 1 heterocycles. The monoisotopic (exact) mass is 546 g/mol. The Kier molecular flexibility index (Phi) is 5.27. The van der Waals surface area contributed by atoms with Crippen molar-refractivity contribution in [3.8, 4) is 33.4 Å². The Morgan fingerprint density at radius 1 is 0.326 bits per heavy atom. The Balaban J connectivity index is 1.43. The first-order valence-corrected chi connectivity index (χ1v) is 14.8. The minimum Gasteiger partial charge on any atom is -0.456 e. The van der Waals surface area contributed by atoms with Gasteiger partial charge >= 0.3 is 0 Å². The van der Waals surface area contributed by atoms with Gasteiger partial charge in [0.2, 0.25) is 0 Å². The number of hydrogen-bond donors (Lipinski definition) is 0. The molecule has 0 spiro atoms. The summed E-state index contributed by atoms with van der Waals surface area (Å²) in [6.07, 6.45) is 0. The van der Waals surface area contributed by atoms with Crippen molar-refractivity contribution >= 4 is 54.3 Å². The van der Waals surface area contributed by atoms with Crippen molar-refractivity contribution < 1.29 is 4.42 Å². The van der Waals surface area contributed by atoms with Crippen LogP contribution in [0.3, 0.4) is 0 Å². The maximum Gasteiger partial charge on any atom is 0.136 e. The van der Waals surface area contributed by atoms with Crippen molar-refractivity contribution in [1.82, 2.24) is 0 Å². The Labute approximate surface area is 249 Å². The minimum atomic E-state index is 0.914. The zero-order valence-electron chi connectivity index (χ0n) is 23.4. The van der Waals surface area contributed by atoms with Crippen LogP contribution in [0.2, 0.25) is 0 Å². The van der Waals surface area contributed by atoms with Crippen LogP contribution in [-0.4, -0.2) is 0 Å². The third kappa shape index (κ3) is 3.72. The summed E-state index contributed by atoms with van der Waals surface area (Å²) < 4.78 is 6.27. The van der Waals surface area contributed by atoms with E-state index in [0.717, 1.165) is 21.9 Å². The molecule has 1 aromatic heterocycles. The predicted octanol–water partition coefficient (Wildman–Crippen LogP) is 12.0. The third-order valence-electron chi connectivity index (χ3n) is 8.84. The molecule has 0 amide bonds. The van der Waals surface area contributed by atoms with E-state index in [1.54, 1.807) is 0 Å². The lowest BCUT2D eigenvalue weighted by atomic mass is 9.84. The molecule has 0 bridgehead atoms. The van der Waals surface area contributed by atoms with Gasteiger partial charge in [0.25, 0.3) is 0 Å². The topological polar surface area (TPSA) is 13.1 Å². The molecule has 0 aliphatic rings. The van der Waals surface area contributed by atoms with Crippen LogP contribution < -0.4 is 0 Å². The van der Waals surface area contributed by atoms with Crippen molar-refractivity contribution in [2.24, 2.45) is 0 Å². The summed E-state index contributed by atoms with van der Waals surface area (Å²) in [5, 5.41) is 9.82. The smallest absolute Gasteiger partial charge is 0.136 e. The molecule has 9 aromatic rings. The Morgan fingerprint density at radius 3 is 1.79 bits per heavy atom. The van der Waals surface area contributed by atoms with Crippen LogP contribution in [0.5, 0.6) is 0 Å². The summed E-state index contributed by atoms with van der Waals surface area (Å²) in [6.45, 7) is 0. The zero-order valence-corrected chi connectivity index (χ0v) is 23.4. The first-order chi connectivity index (χ1) is 21.3. The second-order valence-corrected chi connectivity index (χ2v) is 11.3. The van der Waals surface area contributed by atoms with Crippen LogP contribution in [0, 0.1) is 0 Å². The second-order valence-electron chi connectivity index (χ2n) is 11.3. The summed E-state index contributed by atoms with van der Waals surface area (Å²) >= 11 is 0. The van der Waals surface area contributed by atoms with Crippen molar-refractivity contribution in [3.05, 3.63) is 158 Å². The van der Waals surface area contributed by atoms with Crippen LogP contribution in [0.25, 0.3) is 87.6 Å². The molecule has 43 heavy (non-hydrogen) atoms. The number of para-hydroxylation sites is 1. The molecular formula is C42H26O. The molecule has 0 N–H and O–H groups in total. The van der Waals surface area contributed by atoms with Gasteiger partial charge < -0.3 is 4.42 Å². The SMILES string of the molecule is c1ccc(-c2c3ccccc3c(-c3ccc4ccccc4c3)c3cc(-c4cccc5oc6ccccc6c45)ccc23)cc1. The molecule has 0 fully saturated rings. The van der Waals surface area contributed by atoms with Gasteiger partial charge in [-0.25, -0.2) is 0 Å². The van der Waals surface area contributed by atoms with Gasteiger partial charge in [-0.05, 0) is 90.0 Å². The van der Waals surface area contributed by atoms with Crippen LogP contribution in [0.15, 0.2) is 162 Å². The Morgan fingerprint density at radius 2 is 0.953 bits per heavy atom. The normalized spacial score (nSPS) is 11.7. The van der Waals surface area contributed by atoms with E-state index in [1.165, 1.54) is 65.7 Å². The van der Waals surface area contributed by atoms with E-state index in [-0.39, 0.29) is 0 Å². The van der Waals surface area contributed by atoms with E-state index in [1.807, 2.05) is 6.07 Å². The molecule has 0 radical (unpaired) electrons. The summed E-state index contributed by atoms with van der Waals surface area (Å²) in [5.41, 5.74) is 9.19. The number of furan rings is 1. The lowest BCUT2D eigenvalue weighted by Gasteiger charge is -2.19. The van der Waals surface area contributed by atoms with Crippen LogP contribution >= 0.6 is 0 Å². The lowest BCUT2D eigenvalue weighted by Crippen LogP contribution is -1.92. The fourth-order valence-corrected chi connectivity index (χ4v) is 6.93. The van der Waals surface area contributed by atoms with E-state index >= 15 is 0 Å². The maximum absolute atomic E-state index is 6.27. The standard InChI is InChI=1S/C42H26O/c1-2-12-28(13-3-1)40-33-15-6-7-16-34(33)41(31-22-21-27-11-4-5-14-29(27)25-31)37-26-30(23-24-35(37)40)32-18-10-20-39-42(32)36-17-8-9-19-38(36)43-39/h1-26H. The van der Waals surface area contributed by atoms with E-state index in [2.05, 4.69) is 152 Å². The maximum atomic E-state index is 6.27. The molecule has 9 rings (SSSR count). The lowest BCUT2D eigenvalue weighted by molar-refractivity contribution is 0.669. The average molecular weight is 547 g/mol. The van der Waals surface area contributed by atoms with Crippen molar-refractivity contribution in [2.75, 3.05) is 0 Å². The van der Waals surface area contributed by atoms with Gasteiger partial charge in [-0.2, -0.15) is 0 Å². The molecule has 1 nitrogen and oxygen atoms in total. The van der Waals surface area contributed by atoms with Gasteiger partial charge in [-0.1, -0.05) is 133 Å². The van der Waals surface area contributed by atoms with Gasteiger partial charge in [-0.3, -0.25) is 0 Å². The first kappa shape index (κ1) is 24.0. The summed E-state index contributed by atoms with van der Waals surface area (Å²) in [4.78, 5) is 0. The van der Waals surface area contributed by atoms with Crippen molar-refractivity contribution in [3.63, 3.8) is 0 Å². The van der Waals surface area contributed by atoms with E-state index in [0.29, 0.717) is 0 Å². The molecule has 0 unspecified atom stereocenters. The molecule has 1 heteroatoms. The highest BCUT2D eigenvalue weighted by Crippen LogP contribution is 2.46. The predicted molar refractivity (Wildman–Crippen MR) is 183 cm³/mol. The molecule has 200 valence electrons. The Hall–Kier alpha value is -5.66. The van der Waals surface area contributed by atoms with Gasteiger partial charge in [0.15, 0.2) is 0 Å². The van der Waals surface area contributed by atoms with E-state index in [4.69, 9.17) is 4.42 Å². The van der Waals surface area contributed by atoms with E-state index < -0.39 is 0 Å². The van der Waals surface area contributed by atoms with Crippen molar-refractivity contribution in [1.29, 1.82) is 0 Å². The minimum absolute atomic E-state index is 0.914. The first-order valence-electron chi connectivity index (χ1n) is 14.8. The van der Waals surface area contributed by atoms with E-state index in [9.17, 15) is 0 Å². The summed E-state index contributed by atoms with van der Waals surface area (Å²) in [5.74, 6) is 0. The van der Waals surface area contributed by atoms with Crippen LogP contribution in [0.4, 0.5) is 0 Å². The number of rotatable bonds is 3. The fraction of sp³-hybridized carbons (Fsp3) is 0. The summed E-state index contributed by atoms with van der Waals surface area (Å²) in [7, 11) is 0. The zero-order chi connectivity index (χ0) is 28.3. The highest BCUT2D eigenvalue weighted by molar-refractivity contribution is 6.23. The number of hydrogen-bond acceptors (Lipinski definition) is 1. The highest BCUT2D eigenvalue weighted by atomic mass is 16.3. The van der Waals surface area contributed by atoms with Gasteiger partial charge in [0.05, 0.1) is 0 Å². The number of fused-ring (bicyclic) bond motifs is 6. The fourth-order valence-electron chi connectivity index (χ4n) is 6.93. The molecule has 0 saturated heterocycles. The van der Waals surface area contributed by atoms with Crippen molar-refractivity contribution in [2.45, 2.75) is 0 Å². The quantitative estimate of drug-likeness (QED) is 0.201. The molecule has 8 aromatic carbocycles. The molecule has 0 saturated carbocycles.